The molecule has 0 bridgehead atoms. The van der Waals surface area contributed by atoms with E-state index in [0.29, 0.717) is 13.2 Å². The average molecular weight is 344 g/mol. The molecule has 136 valence electrons. The van der Waals surface area contributed by atoms with Crippen molar-refractivity contribution in [3.05, 3.63) is 54.1 Å². The molecule has 0 aliphatic carbocycles. The smallest absolute Gasteiger partial charge is 0.290 e. The molecule has 0 saturated carbocycles. The number of carbonyl (C=O) groups is 1. The highest BCUT2D eigenvalue weighted by molar-refractivity contribution is 5.64. The Bertz CT molecular complexity index is 610. The fourth-order valence-electron chi connectivity index (χ4n) is 2.27. The van der Waals surface area contributed by atoms with E-state index in [1.54, 1.807) is 0 Å². The van der Waals surface area contributed by atoms with Crippen molar-refractivity contribution in [2.75, 3.05) is 19.8 Å². The summed E-state index contributed by atoms with van der Waals surface area (Å²) in [6.45, 7) is 10.4. The summed E-state index contributed by atoms with van der Waals surface area (Å²) in [6.07, 6.45) is 0. The molecule has 0 radical (unpaired) electrons. The lowest BCUT2D eigenvalue weighted by Crippen LogP contribution is -2.10. The van der Waals surface area contributed by atoms with Crippen molar-refractivity contribution in [2.45, 2.75) is 33.1 Å². The van der Waals surface area contributed by atoms with Crippen molar-refractivity contribution in [2.24, 2.45) is 0 Å². The summed E-state index contributed by atoms with van der Waals surface area (Å²) >= 11 is 0. The Balaban J connectivity index is 0.000000970. The summed E-state index contributed by atoms with van der Waals surface area (Å²) in [7, 11) is 0. The number of hydrogen-bond donors (Lipinski definition) is 1. The van der Waals surface area contributed by atoms with Crippen LogP contribution in [0.15, 0.2) is 48.5 Å². The molecular formula is C21H28O4. The first kappa shape index (κ1) is 20.7. The largest absolute Gasteiger partial charge is 0.491 e. The van der Waals surface area contributed by atoms with Crippen molar-refractivity contribution < 1.29 is 19.4 Å². The average Bonchev–Trinajstić information content (AvgIpc) is 2.59. The van der Waals surface area contributed by atoms with Gasteiger partial charge in [0, 0.05) is 6.61 Å². The van der Waals surface area contributed by atoms with Gasteiger partial charge in [-0.2, -0.15) is 0 Å². The molecule has 0 aliphatic heterocycles. The SMILES string of the molecule is CCOCCOc1ccc(-c2ccc(C(C)(C)C)cc2)cc1.O=CO. The lowest BCUT2D eigenvalue weighted by molar-refractivity contribution is -0.122. The summed E-state index contributed by atoms with van der Waals surface area (Å²) in [6, 6.07) is 17.0. The van der Waals surface area contributed by atoms with Crippen molar-refractivity contribution in [3.8, 4) is 16.9 Å². The van der Waals surface area contributed by atoms with Crippen LogP contribution in [-0.2, 0) is 14.9 Å². The highest BCUT2D eigenvalue weighted by Crippen LogP contribution is 2.27. The van der Waals surface area contributed by atoms with E-state index in [-0.39, 0.29) is 11.9 Å². The Hall–Kier alpha value is -2.33. The Kier molecular flexibility index (Phi) is 8.71. The van der Waals surface area contributed by atoms with E-state index < -0.39 is 0 Å². The second kappa shape index (κ2) is 10.5. The summed E-state index contributed by atoms with van der Waals surface area (Å²) in [5.41, 5.74) is 3.98. The van der Waals surface area contributed by atoms with Crippen LogP contribution in [0, 0.1) is 0 Å². The van der Waals surface area contributed by atoms with Gasteiger partial charge >= 0.3 is 0 Å². The minimum Gasteiger partial charge on any atom is -0.491 e. The van der Waals surface area contributed by atoms with Crippen LogP contribution in [0.5, 0.6) is 5.75 Å². The third kappa shape index (κ3) is 7.40. The molecule has 0 aromatic heterocycles. The third-order valence-electron chi connectivity index (χ3n) is 3.64. The first-order valence-corrected chi connectivity index (χ1v) is 8.41. The number of hydrogen-bond acceptors (Lipinski definition) is 3. The van der Waals surface area contributed by atoms with E-state index in [4.69, 9.17) is 19.4 Å². The minimum atomic E-state index is -0.250. The molecule has 2 aromatic carbocycles. The normalized spacial score (nSPS) is 10.6. The van der Waals surface area contributed by atoms with Crippen molar-refractivity contribution in [1.29, 1.82) is 0 Å². The van der Waals surface area contributed by atoms with Gasteiger partial charge < -0.3 is 14.6 Å². The molecule has 0 unspecified atom stereocenters. The maximum Gasteiger partial charge on any atom is 0.290 e. The van der Waals surface area contributed by atoms with Gasteiger partial charge in [-0.05, 0) is 41.2 Å². The lowest BCUT2D eigenvalue weighted by atomic mass is 9.86. The number of carboxylic acid groups (broad SMARTS) is 1. The first-order valence-electron chi connectivity index (χ1n) is 8.41. The number of benzene rings is 2. The summed E-state index contributed by atoms with van der Waals surface area (Å²) < 4.78 is 10.9. The fourth-order valence-corrected chi connectivity index (χ4v) is 2.27. The molecule has 1 N–H and O–H groups in total. The predicted molar refractivity (Wildman–Crippen MR) is 101 cm³/mol. The van der Waals surface area contributed by atoms with Gasteiger partial charge in [-0.3, -0.25) is 4.79 Å². The van der Waals surface area contributed by atoms with Gasteiger partial charge in [0.05, 0.1) is 6.61 Å². The van der Waals surface area contributed by atoms with Gasteiger partial charge in [0.2, 0.25) is 0 Å². The Morgan fingerprint density at radius 1 is 0.920 bits per heavy atom. The molecule has 2 rings (SSSR count). The number of rotatable bonds is 6. The van der Waals surface area contributed by atoms with Crippen LogP contribution >= 0.6 is 0 Å². The Morgan fingerprint density at radius 2 is 1.40 bits per heavy atom. The molecule has 0 aliphatic rings. The molecule has 4 heteroatoms. The quantitative estimate of drug-likeness (QED) is 0.606. The van der Waals surface area contributed by atoms with Crippen LogP contribution in [0.3, 0.4) is 0 Å². The summed E-state index contributed by atoms with van der Waals surface area (Å²) in [4.78, 5) is 8.36. The zero-order valence-corrected chi connectivity index (χ0v) is 15.5. The zero-order chi connectivity index (χ0) is 18.7. The fraction of sp³-hybridized carbons (Fsp3) is 0.381. The highest BCUT2D eigenvalue weighted by Gasteiger charge is 2.12. The minimum absolute atomic E-state index is 0.191. The van der Waals surface area contributed by atoms with E-state index in [1.165, 1.54) is 16.7 Å². The van der Waals surface area contributed by atoms with Crippen LogP contribution in [0.1, 0.15) is 33.3 Å². The number of ether oxygens (including phenoxy) is 2. The van der Waals surface area contributed by atoms with Crippen LogP contribution in [0.4, 0.5) is 0 Å². The van der Waals surface area contributed by atoms with E-state index in [1.807, 2.05) is 19.1 Å². The molecule has 0 amide bonds. The van der Waals surface area contributed by atoms with Gasteiger partial charge in [0.25, 0.3) is 6.47 Å². The van der Waals surface area contributed by atoms with Crippen LogP contribution in [0.2, 0.25) is 0 Å². The van der Waals surface area contributed by atoms with Gasteiger partial charge in [0.1, 0.15) is 12.4 Å². The summed E-state index contributed by atoms with van der Waals surface area (Å²) in [5.74, 6) is 0.884. The van der Waals surface area contributed by atoms with Crippen LogP contribution in [-0.4, -0.2) is 31.4 Å². The van der Waals surface area contributed by atoms with Crippen LogP contribution < -0.4 is 4.74 Å². The topological polar surface area (TPSA) is 55.8 Å². The molecule has 2 aromatic rings. The van der Waals surface area contributed by atoms with Crippen molar-refractivity contribution >= 4 is 6.47 Å². The second-order valence-corrected chi connectivity index (χ2v) is 6.50. The maximum atomic E-state index is 8.36. The molecular weight excluding hydrogens is 316 g/mol. The maximum absolute atomic E-state index is 8.36. The summed E-state index contributed by atoms with van der Waals surface area (Å²) in [5, 5.41) is 6.89. The van der Waals surface area contributed by atoms with E-state index >= 15 is 0 Å². The van der Waals surface area contributed by atoms with Crippen molar-refractivity contribution in [3.63, 3.8) is 0 Å². The molecule has 0 heterocycles. The standard InChI is InChI=1S/C20H26O2.CH2O2/c1-5-21-14-15-22-19-12-8-17(9-13-19)16-6-10-18(11-7-16)20(2,3)4;2-1-3/h6-13H,5,14-15H2,1-4H3;1H,(H,2,3). The Morgan fingerprint density at radius 3 is 1.84 bits per heavy atom. The predicted octanol–water partition coefficient (Wildman–Crippen LogP) is 4.77. The van der Waals surface area contributed by atoms with Crippen LogP contribution in [0.25, 0.3) is 11.1 Å². The second-order valence-electron chi connectivity index (χ2n) is 6.50. The molecule has 0 atom stereocenters. The molecule has 25 heavy (non-hydrogen) atoms. The molecule has 0 saturated heterocycles. The molecule has 4 nitrogen and oxygen atoms in total. The van der Waals surface area contributed by atoms with Gasteiger partial charge in [0.15, 0.2) is 0 Å². The molecule has 0 fully saturated rings. The van der Waals surface area contributed by atoms with Gasteiger partial charge in [-0.1, -0.05) is 57.2 Å². The van der Waals surface area contributed by atoms with Gasteiger partial charge in [-0.15, -0.1) is 0 Å². The monoisotopic (exact) mass is 344 g/mol. The van der Waals surface area contributed by atoms with E-state index in [9.17, 15) is 0 Å². The van der Waals surface area contributed by atoms with Gasteiger partial charge in [-0.25, -0.2) is 0 Å². The Labute approximate surface area is 150 Å². The third-order valence-corrected chi connectivity index (χ3v) is 3.64. The zero-order valence-electron chi connectivity index (χ0n) is 15.5. The van der Waals surface area contributed by atoms with E-state index in [2.05, 4.69) is 57.2 Å². The van der Waals surface area contributed by atoms with E-state index in [0.717, 1.165) is 12.4 Å². The first-order chi connectivity index (χ1) is 11.9. The lowest BCUT2D eigenvalue weighted by Gasteiger charge is -2.19. The van der Waals surface area contributed by atoms with Crippen molar-refractivity contribution in [1.82, 2.24) is 0 Å². The molecule has 0 spiro atoms. The highest BCUT2D eigenvalue weighted by atomic mass is 16.5.